The van der Waals surface area contributed by atoms with Crippen molar-refractivity contribution in [1.29, 1.82) is 0 Å². The molecule has 0 aliphatic heterocycles. The van der Waals surface area contributed by atoms with Gasteiger partial charge in [-0.3, -0.25) is 4.79 Å². The summed E-state index contributed by atoms with van der Waals surface area (Å²) < 4.78 is 8.91. The minimum Gasteiger partial charge on any atom is -0.469 e. The Morgan fingerprint density at radius 1 is 1.33 bits per heavy atom. The Balaban J connectivity index is 4.35. The first-order valence-corrected chi connectivity index (χ1v) is 4.82. The summed E-state index contributed by atoms with van der Waals surface area (Å²) in [5.74, 6) is -0.595. The quantitative estimate of drug-likeness (QED) is 0.411. The maximum atomic E-state index is 11.0. The van der Waals surface area contributed by atoms with Gasteiger partial charge < -0.3 is 14.8 Å². The van der Waals surface area contributed by atoms with Gasteiger partial charge in [0.2, 0.25) is 0 Å². The first kappa shape index (κ1) is 13.8. The molecule has 0 aromatic carbocycles. The van der Waals surface area contributed by atoms with Crippen molar-refractivity contribution in [2.75, 3.05) is 26.6 Å². The number of carbonyl (C=O) groups excluding carboxylic acids is 2. The van der Waals surface area contributed by atoms with Crippen LogP contribution < -0.4 is 5.32 Å². The number of hydrogen-bond donors (Lipinski definition) is 1. The number of rotatable bonds is 6. The monoisotopic (exact) mass is 235 g/mol. The number of esters is 2. The van der Waals surface area contributed by atoms with E-state index in [0.717, 1.165) is 0 Å². The zero-order valence-corrected chi connectivity index (χ0v) is 9.47. The van der Waals surface area contributed by atoms with Crippen molar-refractivity contribution in [3.8, 4) is 0 Å². The van der Waals surface area contributed by atoms with E-state index < -0.39 is 11.9 Å². The van der Waals surface area contributed by atoms with Crippen LogP contribution in [0, 0.1) is 0 Å². The molecule has 0 aromatic heterocycles. The molecule has 5 nitrogen and oxygen atoms in total. The van der Waals surface area contributed by atoms with Gasteiger partial charge in [-0.25, -0.2) is 4.79 Å². The Labute approximate surface area is 93.4 Å². The molecule has 1 N–H and O–H groups in total. The summed E-state index contributed by atoms with van der Waals surface area (Å²) in [6, 6.07) is 0. The van der Waals surface area contributed by atoms with Gasteiger partial charge >= 0.3 is 11.9 Å². The number of carbonyl (C=O) groups is 2. The minimum atomic E-state index is -0.532. The summed E-state index contributed by atoms with van der Waals surface area (Å²) in [6.45, 7) is 0.460. The van der Waals surface area contributed by atoms with Gasteiger partial charge in [0.15, 0.2) is 0 Å². The van der Waals surface area contributed by atoms with Crippen molar-refractivity contribution < 1.29 is 19.1 Å². The van der Waals surface area contributed by atoms with Crippen LogP contribution in [-0.2, 0) is 19.1 Å². The number of nitrogens with one attached hydrogen (secondary N) is 1. The van der Waals surface area contributed by atoms with Crippen molar-refractivity contribution in [1.82, 2.24) is 5.32 Å². The molecule has 0 aromatic rings. The smallest absolute Gasteiger partial charge is 0.332 e. The Morgan fingerprint density at radius 3 is 2.47 bits per heavy atom. The number of methoxy groups -OCH3 is 2. The van der Waals surface area contributed by atoms with E-state index in [1.165, 1.54) is 20.3 Å². The number of ether oxygens (including phenoxy) is 2. The third-order valence-corrected chi connectivity index (χ3v) is 1.69. The fourth-order valence-electron chi connectivity index (χ4n) is 0.801. The molecular weight excluding hydrogens is 222 g/mol. The average molecular weight is 236 g/mol. The molecule has 0 aliphatic rings. The van der Waals surface area contributed by atoms with Gasteiger partial charge in [0, 0.05) is 24.2 Å². The second kappa shape index (κ2) is 8.11. The van der Waals surface area contributed by atoms with E-state index in [-0.39, 0.29) is 6.42 Å². The largest absolute Gasteiger partial charge is 0.469 e. The van der Waals surface area contributed by atoms with E-state index >= 15 is 0 Å². The molecule has 0 aliphatic carbocycles. The van der Waals surface area contributed by atoms with Gasteiger partial charge in [-0.2, -0.15) is 0 Å². The summed E-state index contributed by atoms with van der Waals surface area (Å²) in [4.78, 5) is 21.9. The first-order valence-electron chi connectivity index (χ1n) is 4.29. The molecule has 0 spiro atoms. The molecule has 0 rings (SSSR count). The molecule has 0 bridgehead atoms. The van der Waals surface area contributed by atoms with Crippen LogP contribution in [-0.4, -0.2) is 38.6 Å². The maximum absolute atomic E-state index is 11.0. The van der Waals surface area contributed by atoms with Gasteiger partial charge in [-0.05, 0) is 0 Å². The van der Waals surface area contributed by atoms with E-state index in [4.69, 9.17) is 11.6 Å². The van der Waals surface area contributed by atoms with Gasteiger partial charge in [-0.15, -0.1) is 11.6 Å². The highest BCUT2D eigenvalue weighted by molar-refractivity contribution is 6.18. The lowest BCUT2D eigenvalue weighted by Gasteiger charge is -2.07. The van der Waals surface area contributed by atoms with Crippen LogP contribution in [0.4, 0.5) is 0 Å². The van der Waals surface area contributed by atoms with Crippen molar-refractivity contribution in [2.45, 2.75) is 6.42 Å². The molecule has 0 saturated heterocycles. The third-order valence-electron chi connectivity index (χ3n) is 1.50. The van der Waals surface area contributed by atoms with Crippen LogP contribution >= 0.6 is 11.6 Å². The van der Waals surface area contributed by atoms with Crippen LogP contribution in [0.1, 0.15) is 6.42 Å². The molecule has 15 heavy (non-hydrogen) atoms. The highest BCUT2D eigenvalue weighted by Crippen LogP contribution is 1.99. The standard InChI is InChI=1S/C9H14ClNO4/c1-14-8(12)5-7(11-4-3-10)6-9(13)15-2/h5,11H,3-4,6H2,1-2H3. The van der Waals surface area contributed by atoms with Gasteiger partial charge in [0.25, 0.3) is 0 Å². The fraction of sp³-hybridized carbons (Fsp3) is 0.556. The van der Waals surface area contributed by atoms with Crippen LogP contribution in [0.2, 0.25) is 0 Å². The van der Waals surface area contributed by atoms with E-state index in [1.54, 1.807) is 0 Å². The predicted molar refractivity (Wildman–Crippen MR) is 55.5 cm³/mol. The molecule has 0 unspecified atom stereocenters. The maximum Gasteiger partial charge on any atom is 0.332 e. The first-order chi connectivity index (χ1) is 7.13. The van der Waals surface area contributed by atoms with Crippen molar-refractivity contribution >= 4 is 23.5 Å². The fourth-order valence-corrected chi connectivity index (χ4v) is 0.896. The lowest BCUT2D eigenvalue weighted by Crippen LogP contribution is -2.20. The highest BCUT2D eigenvalue weighted by atomic mass is 35.5. The number of alkyl halides is 1. The second-order valence-electron chi connectivity index (χ2n) is 2.56. The molecule has 0 radical (unpaired) electrons. The summed E-state index contributed by atoms with van der Waals surface area (Å²) in [5.41, 5.74) is 0.425. The normalized spacial score (nSPS) is 10.7. The summed E-state index contributed by atoms with van der Waals surface area (Å²) in [7, 11) is 2.54. The van der Waals surface area contributed by atoms with E-state index in [1.807, 2.05) is 0 Å². The van der Waals surface area contributed by atoms with Crippen LogP contribution in [0.25, 0.3) is 0 Å². The van der Waals surface area contributed by atoms with Gasteiger partial charge in [0.1, 0.15) is 0 Å². The molecule has 0 saturated carbocycles. The summed E-state index contributed by atoms with van der Waals surface area (Å²) in [6.07, 6.45) is 1.19. The topological polar surface area (TPSA) is 64.6 Å². The Hall–Kier alpha value is -1.23. The second-order valence-corrected chi connectivity index (χ2v) is 2.94. The third kappa shape index (κ3) is 6.79. The predicted octanol–water partition coefficient (Wildman–Crippen LogP) is 0.435. The average Bonchev–Trinajstić information content (AvgIpc) is 2.25. The molecular formula is C9H14ClNO4. The van der Waals surface area contributed by atoms with Gasteiger partial charge in [-0.1, -0.05) is 0 Å². The Bertz CT molecular complexity index is 252. The number of hydrogen-bond acceptors (Lipinski definition) is 5. The van der Waals surface area contributed by atoms with Crippen molar-refractivity contribution in [3.05, 3.63) is 11.8 Å². The number of halogens is 1. The minimum absolute atomic E-state index is 0.0114. The Kier molecular flexibility index (Phi) is 7.44. The molecule has 86 valence electrons. The molecule has 0 amide bonds. The van der Waals surface area contributed by atoms with Crippen molar-refractivity contribution in [2.24, 2.45) is 0 Å². The van der Waals surface area contributed by atoms with Gasteiger partial charge in [0.05, 0.1) is 20.6 Å². The zero-order valence-electron chi connectivity index (χ0n) is 8.71. The lowest BCUT2D eigenvalue weighted by atomic mass is 10.3. The molecule has 0 atom stereocenters. The van der Waals surface area contributed by atoms with E-state index in [2.05, 4.69) is 14.8 Å². The molecule has 0 fully saturated rings. The highest BCUT2D eigenvalue weighted by Gasteiger charge is 2.07. The van der Waals surface area contributed by atoms with E-state index in [0.29, 0.717) is 18.1 Å². The zero-order chi connectivity index (χ0) is 11.7. The Morgan fingerprint density at radius 2 is 2.00 bits per heavy atom. The van der Waals surface area contributed by atoms with Crippen LogP contribution in [0.3, 0.4) is 0 Å². The SMILES string of the molecule is COC(=O)C=C(CC(=O)OC)NCCCl. The molecule has 0 heterocycles. The van der Waals surface area contributed by atoms with Crippen LogP contribution in [0.15, 0.2) is 11.8 Å². The summed E-state index contributed by atoms with van der Waals surface area (Å²) >= 11 is 5.46. The van der Waals surface area contributed by atoms with Crippen LogP contribution in [0.5, 0.6) is 0 Å². The molecule has 6 heteroatoms. The summed E-state index contributed by atoms with van der Waals surface area (Å²) in [5, 5.41) is 2.83. The lowest BCUT2D eigenvalue weighted by molar-refractivity contribution is -0.139. The van der Waals surface area contributed by atoms with Crippen molar-refractivity contribution in [3.63, 3.8) is 0 Å². The van der Waals surface area contributed by atoms with E-state index in [9.17, 15) is 9.59 Å².